The zero-order valence-corrected chi connectivity index (χ0v) is 11.8. The summed E-state index contributed by atoms with van der Waals surface area (Å²) in [7, 11) is 0. The van der Waals surface area contributed by atoms with E-state index in [9.17, 15) is 9.90 Å². The molecule has 1 amide bonds. The Morgan fingerprint density at radius 3 is 2.68 bits per heavy atom. The van der Waals surface area contributed by atoms with Crippen molar-refractivity contribution in [3.63, 3.8) is 0 Å². The molecule has 1 aromatic rings. The van der Waals surface area contributed by atoms with E-state index in [0.717, 1.165) is 31.5 Å². The third kappa shape index (κ3) is 3.80. The predicted octanol–water partition coefficient (Wildman–Crippen LogP) is 2.16. The zero-order chi connectivity index (χ0) is 13.8. The van der Waals surface area contributed by atoms with E-state index in [4.69, 9.17) is 0 Å². The molecule has 3 heteroatoms. The maximum atomic E-state index is 12.2. The minimum absolute atomic E-state index is 0.203. The number of rotatable bonds is 3. The summed E-state index contributed by atoms with van der Waals surface area (Å²) in [5.74, 6) is 0.553. The minimum atomic E-state index is -0.256. The molecular formula is C16H23NO2. The number of piperidine rings is 1. The highest BCUT2D eigenvalue weighted by molar-refractivity contribution is 5.78. The van der Waals surface area contributed by atoms with Gasteiger partial charge in [0.1, 0.15) is 0 Å². The zero-order valence-electron chi connectivity index (χ0n) is 11.8. The molecule has 1 N–H and O–H groups in total. The number of nitrogens with zero attached hydrogens (tertiary/aromatic N) is 1. The second-order valence-corrected chi connectivity index (χ2v) is 5.62. The van der Waals surface area contributed by atoms with E-state index in [1.807, 2.05) is 36.9 Å². The first-order valence-corrected chi connectivity index (χ1v) is 7.07. The van der Waals surface area contributed by atoms with Crippen LogP contribution in [0, 0.1) is 12.8 Å². The van der Waals surface area contributed by atoms with E-state index in [1.165, 1.54) is 5.56 Å². The van der Waals surface area contributed by atoms with Crippen LogP contribution in [0.15, 0.2) is 24.3 Å². The summed E-state index contributed by atoms with van der Waals surface area (Å²) in [5, 5.41) is 9.56. The summed E-state index contributed by atoms with van der Waals surface area (Å²) in [5.41, 5.74) is 2.28. The molecule has 1 aliphatic heterocycles. The summed E-state index contributed by atoms with van der Waals surface area (Å²) >= 11 is 0. The van der Waals surface area contributed by atoms with Crippen LogP contribution in [0.2, 0.25) is 0 Å². The smallest absolute Gasteiger partial charge is 0.226 e. The first kappa shape index (κ1) is 14.1. The lowest BCUT2D eigenvalue weighted by atomic mass is 9.92. The van der Waals surface area contributed by atoms with Gasteiger partial charge < -0.3 is 10.0 Å². The van der Waals surface area contributed by atoms with Crippen molar-refractivity contribution in [2.45, 2.75) is 39.2 Å². The van der Waals surface area contributed by atoms with Gasteiger partial charge >= 0.3 is 0 Å². The first-order chi connectivity index (χ1) is 9.06. The van der Waals surface area contributed by atoms with Gasteiger partial charge in [-0.05, 0) is 38.2 Å². The number of hydrogen-bond donors (Lipinski definition) is 1. The third-order valence-electron chi connectivity index (χ3n) is 4.01. The van der Waals surface area contributed by atoms with Gasteiger partial charge in [-0.1, -0.05) is 29.8 Å². The summed E-state index contributed by atoms with van der Waals surface area (Å²) in [4.78, 5) is 14.2. The third-order valence-corrected chi connectivity index (χ3v) is 4.01. The summed E-state index contributed by atoms with van der Waals surface area (Å²) in [6.07, 6.45) is 2.06. The molecule has 0 aromatic heterocycles. The van der Waals surface area contributed by atoms with Crippen molar-refractivity contribution >= 4 is 5.91 Å². The van der Waals surface area contributed by atoms with Crippen LogP contribution >= 0.6 is 0 Å². The Bertz CT molecular complexity index is 434. The minimum Gasteiger partial charge on any atom is -0.393 e. The summed E-state index contributed by atoms with van der Waals surface area (Å²) < 4.78 is 0. The van der Waals surface area contributed by atoms with Crippen LogP contribution in [0.1, 0.15) is 30.9 Å². The highest BCUT2D eigenvalue weighted by atomic mass is 16.3. The van der Waals surface area contributed by atoms with Crippen molar-refractivity contribution in [1.29, 1.82) is 0 Å². The predicted molar refractivity (Wildman–Crippen MR) is 75.9 cm³/mol. The van der Waals surface area contributed by atoms with Crippen LogP contribution in [0.25, 0.3) is 0 Å². The van der Waals surface area contributed by atoms with Crippen molar-refractivity contribution in [2.75, 3.05) is 13.1 Å². The quantitative estimate of drug-likeness (QED) is 0.905. The Balaban J connectivity index is 1.88. The summed E-state index contributed by atoms with van der Waals surface area (Å²) in [6.45, 7) is 5.44. The first-order valence-electron chi connectivity index (χ1n) is 7.07. The monoisotopic (exact) mass is 261 g/mol. The molecule has 1 unspecified atom stereocenters. The fourth-order valence-corrected chi connectivity index (χ4v) is 2.74. The van der Waals surface area contributed by atoms with E-state index in [0.29, 0.717) is 12.3 Å². The van der Waals surface area contributed by atoms with Crippen molar-refractivity contribution in [1.82, 2.24) is 4.90 Å². The topological polar surface area (TPSA) is 40.5 Å². The number of benzene rings is 1. The highest BCUT2D eigenvalue weighted by Crippen LogP contribution is 2.21. The number of amides is 1. The van der Waals surface area contributed by atoms with Crippen LogP contribution in [-0.4, -0.2) is 35.1 Å². The second kappa shape index (κ2) is 6.20. The summed E-state index contributed by atoms with van der Waals surface area (Å²) in [6, 6.07) is 8.12. The number of aliphatic hydroxyl groups is 1. The fourth-order valence-electron chi connectivity index (χ4n) is 2.74. The van der Waals surface area contributed by atoms with Gasteiger partial charge in [-0.3, -0.25) is 4.79 Å². The lowest BCUT2D eigenvalue weighted by molar-refractivity contribution is -0.132. The van der Waals surface area contributed by atoms with Gasteiger partial charge in [0.25, 0.3) is 0 Å². The average Bonchev–Trinajstić information content (AvgIpc) is 2.39. The molecular weight excluding hydrogens is 238 g/mol. The van der Waals surface area contributed by atoms with Gasteiger partial charge in [-0.15, -0.1) is 0 Å². The molecule has 1 aromatic carbocycles. The average molecular weight is 261 g/mol. The molecule has 1 fully saturated rings. The van der Waals surface area contributed by atoms with Gasteiger partial charge in [0.15, 0.2) is 0 Å². The number of hydrogen-bond acceptors (Lipinski definition) is 2. The lowest BCUT2D eigenvalue weighted by Gasteiger charge is -2.33. The van der Waals surface area contributed by atoms with Crippen LogP contribution in [0.4, 0.5) is 0 Å². The van der Waals surface area contributed by atoms with Gasteiger partial charge in [0.05, 0.1) is 12.5 Å². The second-order valence-electron chi connectivity index (χ2n) is 5.62. The Labute approximate surface area is 115 Å². The fraction of sp³-hybridized carbons (Fsp3) is 0.562. The van der Waals surface area contributed by atoms with Crippen molar-refractivity contribution in [3.8, 4) is 0 Å². The van der Waals surface area contributed by atoms with Gasteiger partial charge in [0.2, 0.25) is 5.91 Å². The van der Waals surface area contributed by atoms with Crippen LogP contribution in [0.3, 0.4) is 0 Å². The molecule has 1 saturated heterocycles. The van der Waals surface area contributed by atoms with E-state index in [2.05, 4.69) is 6.07 Å². The van der Waals surface area contributed by atoms with Crippen LogP contribution in [-0.2, 0) is 11.2 Å². The molecule has 1 aliphatic rings. The largest absolute Gasteiger partial charge is 0.393 e. The maximum absolute atomic E-state index is 12.2. The molecule has 19 heavy (non-hydrogen) atoms. The maximum Gasteiger partial charge on any atom is 0.226 e. The number of aryl methyl sites for hydroxylation is 1. The van der Waals surface area contributed by atoms with E-state index >= 15 is 0 Å². The molecule has 1 heterocycles. The van der Waals surface area contributed by atoms with Crippen molar-refractivity contribution in [2.24, 2.45) is 5.92 Å². The number of carbonyl (C=O) groups is 1. The van der Waals surface area contributed by atoms with Crippen molar-refractivity contribution < 1.29 is 9.90 Å². The van der Waals surface area contributed by atoms with E-state index in [-0.39, 0.29) is 12.0 Å². The molecule has 0 bridgehead atoms. The van der Waals surface area contributed by atoms with Crippen LogP contribution in [0.5, 0.6) is 0 Å². The highest BCUT2D eigenvalue weighted by Gasteiger charge is 2.25. The van der Waals surface area contributed by atoms with Gasteiger partial charge in [-0.2, -0.15) is 0 Å². The Hall–Kier alpha value is -1.35. The molecule has 0 radical (unpaired) electrons. The molecule has 3 nitrogen and oxygen atoms in total. The number of carbonyl (C=O) groups excluding carboxylic acids is 1. The number of likely N-dealkylation sites (tertiary alicyclic amines) is 1. The Kier molecular flexibility index (Phi) is 4.59. The molecule has 0 spiro atoms. The molecule has 104 valence electrons. The normalized spacial score (nSPS) is 18.4. The Morgan fingerprint density at radius 2 is 2.11 bits per heavy atom. The lowest BCUT2D eigenvalue weighted by Crippen LogP contribution is -2.41. The van der Waals surface area contributed by atoms with E-state index < -0.39 is 0 Å². The SMILES string of the molecule is Cc1cccc(CC(=O)N2CCC(C(C)O)CC2)c1. The molecule has 0 saturated carbocycles. The molecule has 2 rings (SSSR count). The Morgan fingerprint density at radius 1 is 1.42 bits per heavy atom. The molecule has 1 atom stereocenters. The standard InChI is InChI=1S/C16H23NO2/c1-12-4-3-5-14(10-12)11-16(19)17-8-6-15(7-9-17)13(2)18/h3-5,10,13,15,18H,6-9,11H2,1-2H3. The number of aliphatic hydroxyl groups excluding tert-OH is 1. The molecule has 0 aliphatic carbocycles. The van der Waals surface area contributed by atoms with Gasteiger partial charge in [0, 0.05) is 13.1 Å². The van der Waals surface area contributed by atoms with Crippen LogP contribution < -0.4 is 0 Å². The van der Waals surface area contributed by atoms with E-state index in [1.54, 1.807) is 0 Å². The van der Waals surface area contributed by atoms with Crippen molar-refractivity contribution in [3.05, 3.63) is 35.4 Å². The van der Waals surface area contributed by atoms with Gasteiger partial charge in [-0.25, -0.2) is 0 Å².